The molecule has 4 nitrogen and oxygen atoms in total. The molecule has 0 saturated carbocycles. The van der Waals surface area contributed by atoms with E-state index in [0.717, 1.165) is 51.4 Å². The molecular formula is C12H22N2O2. The van der Waals surface area contributed by atoms with Crippen molar-refractivity contribution in [3.8, 4) is 0 Å². The lowest BCUT2D eigenvalue weighted by molar-refractivity contribution is -0.130. The van der Waals surface area contributed by atoms with Gasteiger partial charge in [0, 0.05) is 13.2 Å². The maximum atomic E-state index is 11.6. The molecule has 1 amide bonds. The molecule has 0 radical (unpaired) electrons. The standard InChI is InChI=1S/C12H22N2O2/c15-12(11-4-2-8-16-11)14-7-5-10-3-1-6-13-9-10/h10-11,13H,1-9H2,(H,14,15)/t10?,11-/m1/s1. The van der Waals surface area contributed by atoms with E-state index in [-0.39, 0.29) is 12.0 Å². The first-order chi connectivity index (χ1) is 7.86. The van der Waals surface area contributed by atoms with E-state index in [4.69, 9.17) is 4.74 Å². The van der Waals surface area contributed by atoms with Crippen LogP contribution in [0.25, 0.3) is 0 Å². The topological polar surface area (TPSA) is 50.4 Å². The van der Waals surface area contributed by atoms with Crippen molar-refractivity contribution in [1.82, 2.24) is 10.6 Å². The molecule has 1 unspecified atom stereocenters. The average Bonchev–Trinajstić information content (AvgIpc) is 2.84. The highest BCUT2D eigenvalue weighted by atomic mass is 16.5. The van der Waals surface area contributed by atoms with Gasteiger partial charge in [0.25, 0.3) is 0 Å². The lowest BCUT2D eigenvalue weighted by Gasteiger charge is -2.22. The second-order valence-electron chi connectivity index (χ2n) is 4.79. The molecule has 92 valence electrons. The van der Waals surface area contributed by atoms with Crippen LogP contribution in [0.5, 0.6) is 0 Å². The van der Waals surface area contributed by atoms with Gasteiger partial charge in [-0.3, -0.25) is 4.79 Å². The fourth-order valence-corrected chi connectivity index (χ4v) is 2.47. The highest BCUT2D eigenvalue weighted by Gasteiger charge is 2.23. The predicted octanol–water partition coefficient (Wildman–Crippen LogP) is 0.671. The number of carbonyl (C=O) groups is 1. The van der Waals surface area contributed by atoms with Gasteiger partial charge in [-0.05, 0) is 51.1 Å². The van der Waals surface area contributed by atoms with Crippen molar-refractivity contribution in [3.05, 3.63) is 0 Å². The molecule has 0 spiro atoms. The molecule has 2 aliphatic heterocycles. The van der Waals surface area contributed by atoms with Crippen molar-refractivity contribution >= 4 is 5.91 Å². The third-order valence-electron chi connectivity index (χ3n) is 3.47. The van der Waals surface area contributed by atoms with E-state index in [1.165, 1.54) is 12.8 Å². The Morgan fingerprint density at radius 2 is 2.31 bits per heavy atom. The minimum absolute atomic E-state index is 0.0845. The van der Waals surface area contributed by atoms with Crippen LogP contribution in [0.2, 0.25) is 0 Å². The van der Waals surface area contributed by atoms with Crippen LogP contribution in [0.3, 0.4) is 0 Å². The molecule has 2 saturated heterocycles. The van der Waals surface area contributed by atoms with Crippen LogP contribution in [-0.2, 0) is 9.53 Å². The molecule has 16 heavy (non-hydrogen) atoms. The van der Waals surface area contributed by atoms with Crippen LogP contribution in [0, 0.1) is 5.92 Å². The van der Waals surface area contributed by atoms with Gasteiger partial charge in [-0.2, -0.15) is 0 Å². The first kappa shape index (κ1) is 11.9. The van der Waals surface area contributed by atoms with Gasteiger partial charge in [0.15, 0.2) is 0 Å². The van der Waals surface area contributed by atoms with Crippen molar-refractivity contribution in [1.29, 1.82) is 0 Å². The molecule has 2 rings (SSSR count). The SMILES string of the molecule is O=C(NCCC1CCCNC1)[C@H]1CCCO1. The molecular weight excluding hydrogens is 204 g/mol. The number of rotatable bonds is 4. The minimum Gasteiger partial charge on any atom is -0.368 e. The maximum absolute atomic E-state index is 11.6. The normalized spacial score (nSPS) is 30.2. The summed E-state index contributed by atoms with van der Waals surface area (Å²) < 4.78 is 5.33. The fraction of sp³-hybridized carbons (Fsp3) is 0.917. The number of piperidine rings is 1. The molecule has 2 fully saturated rings. The lowest BCUT2D eigenvalue weighted by atomic mass is 9.96. The largest absolute Gasteiger partial charge is 0.368 e. The van der Waals surface area contributed by atoms with E-state index in [2.05, 4.69) is 10.6 Å². The van der Waals surface area contributed by atoms with Crippen molar-refractivity contribution in [2.24, 2.45) is 5.92 Å². The number of hydrogen-bond donors (Lipinski definition) is 2. The van der Waals surface area contributed by atoms with Gasteiger partial charge in [-0.15, -0.1) is 0 Å². The average molecular weight is 226 g/mol. The van der Waals surface area contributed by atoms with E-state index >= 15 is 0 Å². The zero-order valence-electron chi connectivity index (χ0n) is 9.84. The molecule has 2 heterocycles. The van der Waals surface area contributed by atoms with Crippen molar-refractivity contribution in [2.45, 2.75) is 38.2 Å². The molecule has 0 aliphatic carbocycles. The Labute approximate surface area is 97.1 Å². The Morgan fingerprint density at radius 1 is 1.38 bits per heavy atom. The van der Waals surface area contributed by atoms with Crippen LogP contribution in [-0.4, -0.2) is 38.3 Å². The Kier molecular flexibility index (Phi) is 4.60. The lowest BCUT2D eigenvalue weighted by Crippen LogP contribution is -2.37. The van der Waals surface area contributed by atoms with Gasteiger partial charge in [-0.1, -0.05) is 0 Å². The van der Waals surface area contributed by atoms with Crippen molar-refractivity contribution < 1.29 is 9.53 Å². The molecule has 0 bridgehead atoms. The van der Waals surface area contributed by atoms with Crippen LogP contribution in [0.15, 0.2) is 0 Å². The molecule has 2 aliphatic rings. The van der Waals surface area contributed by atoms with Crippen molar-refractivity contribution in [2.75, 3.05) is 26.2 Å². The fourth-order valence-electron chi connectivity index (χ4n) is 2.47. The smallest absolute Gasteiger partial charge is 0.249 e. The molecule has 0 aromatic rings. The van der Waals surface area contributed by atoms with Gasteiger partial charge in [0.1, 0.15) is 6.10 Å². The number of nitrogens with one attached hydrogen (secondary N) is 2. The second kappa shape index (κ2) is 6.21. The van der Waals surface area contributed by atoms with Gasteiger partial charge < -0.3 is 15.4 Å². The Balaban J connectivity index is 1.57. The van der Waals surface area contributed by atoms with Gasteiger partial charge in [-0.25, -0.2) is 0 Å². The van der Waals surface area contributed by atoms with Crippen LogP contribution < -0.4 is 10.6 Å². The molecule has 0 aromatic heterocycles. The van der Waals surface area contributed by atoms with E-state index < -0.39 is 0 Å². The number of carbonyl (C=O) groups excluding carboxylic acids is 1. The number of amides is 1. The zero-order valence-corrected chi connectivity index (χ0v) is 9.84. The highest BCUT2D eigenvalue weighted by Crippen LogP contribution is 2.14. The number of hydrogen-bond acceptors (Lipinski definition) is 3. The molecule has 2 atom stereocenters. The predicted molar refractivity (Wildman–Crippen MR) is 62.2 cm³/mol. The summed E-state index contributed by atoms with van der Waals surface area (Å²) in [7, 11) is 0. The minimum atomic E-state index is -0.176. The summed E-state index contributed by atoms with van der Waals surface area (Å²) in [5.74, 6) is 0.819. The molecule has 2 N–H and O–H groups in total. The first-order valence-corrected chi connectivity index (χ1v) is 6.46. The first-order valence-electron chi connectivity index (χ1n) is 6.46. The van der Waals surface area contributed by atoms with E-state index in [9.17, 15) is 4.79 Å². The monoisotopic (exact) mass is 226 g/mol. The van der Waals surface area contributed by atoms with E-state index in [1.54, 1.807) is 0 Å². The van der Waals surface area contributed by atoms with E-state index in [0.29, 0.717) is 0 Å². The van der Waals surface area contributed by atoms with Crippen LogP contribution >= 0.6 is 0 Å². The molecule has 4 heteroatoms. The third kappa shape index (κ3) is 3.46. The van der Waals surface area contributed by atoms with Gasteiger partial charge in [0.05, 0.1) is 0 Å². The summed E-state index contributed by atoms with van der Waals surface area (Å²) >= 11 is 0. The Morgan fingerprint density at radius 3 is 3.00 bits per heavy atom. The third-order valence-corrected chi connectivity index (χ3v) is 3.47. The Bertz CT molecular complexity index is 221. The van der Waals surface area contributed by atoms with Gasteiger partial charge in [0.2, 0.25) is 5.91 Å². The van der Waals surface area contributed by atoms with Crippen molar-refractivity contribution in [3.63, 3.8) is 0 Å². The summed E-state index contributed by atoms with van der Waals surface area (Å²) in [5.41, 5.74) is 0. The summed E-state index contributed by atoms with van der Waals surface area (Å²) in [6.07, 6.45) is 5.38. The summed E-state index contributed by atoms with van der Waals surface area (Å²) in [4.78, 5) is 11.6. The number of ether oxygens (including phenoxy) is 1. The highest BCUT2D eigenvalue weighted by molar-refractivity contribution is 5.80. The van der Waals surface area contributed by atoms with Gasteiger partial charge >= 0.3 is 0 Å². The summed E-state index contributed by atoms with van der Waals surface area (Å²) in [6, 6.07) is 0. The van der Waals surface area contributed by atoms with Crippen LogP contribution in [0.1, 0.15) is 32.1 Å². The van der Waals surface area contributed by atoms with Crippen LogP contribution in [0.4, 0.5) is 0 Å². The zero-order chi connectivity index (χ0) is 11.2. The quantitative estimate of drug-likeness (QED) is 0.741. The summed E-state index contributed by atoms with van der Waals surface area (Å²) in [5, 5.41) is 6.37. The summed E-state index contributed by atoms with van der Waals surface area (Å²) in [6.45, 7) is 3.80. The van der Waals surface area contributed by atoms with E-state index in [1.807, 2.05) is 0 Å². The Hall–Kier alpha value is -0.610. The molecule has 0 aromatic carbocycles. The maximum Gasteiger partial charge on any atom is 0.249 e. The second-order valence-corrected chi connectivity index (χ2v) is 4.79.